The summed E-state index contributed by atoms with van der Waals surface area (Å²) in [6.45, 7) is 11.8. The molecule has 2 heterocycles. The molecule has 2 aliphatic heterocycles. The lowest BCUT2D eigenvalue weighted by atomic mass is 9.47. The van der Waals surface area contributed by atoms with Crippen molar-refractivity contribution in [2.24, 2.45) is 0 Å². The molecular formula is C12H20B2O4. The zero-order valence-corrected chi connectivity index (χ0v) is 11.9. The fraction of sp³-hybridized carbons (Fsp3) is 0.667. The highest BCUT2D eigenvalue weighted by Gasteiger charge is 2.52. The van der Waals surface area contributed by atoms with E-state index in [4.69, 9.17) is 18.6 Å². The molecule has 0 N–H and O–H groups in total. The van der Waals surface area contributed by atoms with Gasteiger partial charge in [0.2, 0.25) is 0 Å². The second-order valence-electron chi connectivity index (χ2n) is 5.93. The molecule has 2 rings (SSSR count). The molecule has 18 heavy (non-hydrogen) atoms. The number of allylic oxidation sites excluding steroid dienone is 2. The van der Waals surface area contributed by atoms with Gasteiger partial charge in [0.15, 0.2) is 0 Å². The van der Waals surface area contributed by atoms with Crippen molar-refractivity contribution in [2.45, 2.75) is 52.7 Å². The average molecular weight is 250 g/mol. The summed E-state index contributed by atoms with van der Waals surface area (Å²) in [5, 5.41) is 0. The topological polar surface area (TPSA) is 36.9 Å². The highest BCUT2D eigenvalue weighted by atomic mass is 16.7. The van der Waals surface area contributed by atoms with Crippen molar-refractivity contribution in [3.8, 4) is 0 Å². The van der Waals surface area contributed by atoms with Crippen LogP contribution in [0.15, 0.2) is 23.7 Å². The molecule has 0 aromatic heterocycles. The molecular weight excluding hydrogens is 230 g/mol. The third-order valence-corrected chi connectivity index (χ3v) is 2.77. The molecule has 0 saturated carbocycles. The highest BCUT2D eigenvalue weighted by molar-refractivity contribution is 7.11. The van der Waals surface area contributed by atoms with Crippen LogP contribution in [0, 0.1) is 0 Å². The van der Waals surface area contributed by atoms with Gasteiger partial charge in [-0.2, -0.15) is 0 Å². The normalized spacial score (nSPS) is 25.9. The Hall–Kier alpha value is -0.870. The van der Waals surface area contributed by atoms with E-state index in [0.717, 1.165) is 11.5 Å². The minimum absolute atomic E-state index is 0.376. The number of hydrogen-bond donors (Lipinski definition) is 0. The summed E-state index contributed by atoms with van der Waals surface area (Å²) in [5.74, 6) is 1.65. The molecule has 0 amide bonds. The van der Waals surface area contributed by atoms with Crippen LogP contribution in [-0.2, 0) is 18.6 Å². The van der Waals surface area contributed by atoms with Gasteiger partial charge in [0, 0.05) is 0 Å². The molecule has 98 valence electrons. The van der Waals surface area contributed by atoms with Crippen LogP contribution < -0.4 is 0 Å². The first-order valence-corrected chi connectivity index (χ1v) is 6.25. The highest BCUT2D eigenvalue weighted by Crippen LogP contribution is 2.29. The smallest absolute Gasteiger partial charge is 0.541 e. The first-order chi connectivity index (χ1) is 8.17. The Balaban J connectivity index is 2.15. The minimum Gasteiger partial charge on any atom is -0.541 e. The van der Waals surface area contributed by atoms with Crippen molar-refractivity contribution in [3.05, 3.63) is 23.7 Å². The lowest BCUT2D eigenvalue weighted by Gasteiger charge is -2.38. The van der Waals surface area contributed by atoms with E-state index < -0.39 is 14.0 Å². The van der Waals surface area contributed by atoms with Crippen molar-refractivity contribution in [1.29, 1.82) is 0 Å². The van der Waals surface area contributed by atoms with Crippen LogP contribution >= 0.6 is 0 Å². The van der Waals surface area contributed by atoms with Gasteiger partial charge in [0.25, 0.3) is 0 Å². The summed E-state index contributed by atoms with van der Waals surface area (Å²) < 4.78 is 23.0. The maximum Gasteiger partial charge on any atom is 0.572 e. The van der Waals surface area contributed by atoms with Gasteiger partial charge in [-0.3, -0.25) is 0 Å². The largest absolute Gasteiger partial charge is 0.572 e. The molecule has 0 aromatic carbocycles. The van der Waals surface area contributed by atoms with E-state index in [1.807, 2.05) is 53.7 Å². The van der Waals surface area contributed by atoms with Crippen LogP contribution in [0.1, 0.15) is 41.5 Å². The molecule has 4 nitrogen and oxygen atoms in total. The van der Waals surface area contributed by atoms with E-state index in [1.165, 1.54) is 0 Å². The van der Waals surface area contributed by atoms with Crippen LogP contribution in [-0.4, -0.2) is 25.2 Å². The van der Waals surface area contributed by atoms with Crippen LogP contribution in [0.5, 0.6) is 0 Å². The molecule has 2 aliphatic rings. The molecule has 0 unspecified atom stereocenters. The average Bonchev–Trinajstić information content (AvgIpc) is 2.10. The first-order valence-electron chi connectivity index (χ1n) is 6.25. The van der Waals surface area contributed by atoms with Crippen LogP contribution in [0.4, 0.5) is 0 Å². The van der Waals surface area contributed by atoms with E-state index in [1.54, 1.807) is 0 Å². The number of hydrogen-bond acceptors (Lipinski definition) is 4. The number of rotatable bonds is 1. The second-order valence-corrected chi connectivity index (χ2v) is 5.93. The Labute approximate surface area is 110 Å². The Bertz CT molecular complexity index is 363. The standard InChI is InChI=1S/C12H20B2O4/c1-9-7-11(3,4)17-13(15-9)14-16-10(2)8-12(5,6)18-14/h7-8H,1-6H3. The predicted octanol–water partition coefficient (Wildman–Crippen LogP) is 2.50. The van der Waals surface area contributed by atoms with Gasteiger partial charge in [-0.15, -0.1) is 0 Å². The van der Waals surface area contributed by atoms with Crippen molar-refractivity contribution < 1.29 is 18.6 Å². The van der Waals surface area contributed by atoms with Crippen LogP contribution in [0.3, 0.4) is 0 Å². The zero-order chi connectivity index (χ0) is 13.6. The Morgan fingerprint density at radius 3 is 1.39 bits per heavy atom. The fourth-order valence-corrected chi connectivity index (χ4v) is 2.35. The third-order valence-electron chi connectivity index (χ3n) is 2.77. The van der Waals surface area contributed by atoms with Gasteiger partial charge >= 0.3 is 14.0 Å². The van der Waals surface area contributed by atoms with E-state index >= 15 is 0 Å². The van der Waals surface area contributed by atoms with Crippen LogP contribution in [0.2, 0.25) is 0 Å². The van der Waals surface area contributed by atoms with Gasteiger partial charge in [0.1, 0.15) is 0 Å². The van der Waals surface area contributed by atoms with E-state index in [-0.39, 0.29) is 11.2 Å². The van der Waals surface area contributed by atoms with E-state index in [0.29, 0.717) is 0 Å². The van der Waals surface area contributed by atoms with Crippen molar-refractivity contribution in [3.63, 3.8) is 0 Å². The van der Waals surface area contributed by atoms with Crippen molar-refractivity contribution >= 4 is 14.0 Å². The summed E-state index contributed by atoms with van der Waals surface area (Å²) in [6, 6.07) is 0. The second kappa shape index (κ2) is 4.35. The summed E-state index contributed by atoms with van der Waals surface area (Å²) in [4.78, 5) is 0. The summed E-state index contributed by atoms with van der Waals surface area (Å²) in [5.41, 5.74) is -0.752. The summed E-state index contributed by atoms with van der Waals surface area (Å²) in [7, 11) is -1.10. The minimum atomic E-state index is -0.548. The summed E-state index contributed by atoms with van der Waals surface area (Å²) >= 11 is 0. The van der Waals surface area contributed by atoms with Crippen molar-refractivity contribution in [1.82, 2.24) is 0 Å². The predicted molar refractivity (Wildman–Crippen MR) is 71.5 cm³/mol. The van der Waals surface area contributed by atoms with Gasteiger partial charge < -0.3 is 18.6 Å². The quantitative estimate of drug-likeness (QED) is 0.670. The van der Waals surface area contributed by atoms with Crippen LogP contribution in [0.25, 0.3) is 0 Å². The molecule has 0 spiro atoms. The van der Waals surface area contributed by atoms with E-state index in [9.17, 15) is 0 Å². The monoisotopic (exact) mass is 250 g/mol. The Kier molecular flexibility index (Phi) is 3.28. The van der Waals surface area contributed by atoms with Gasteiger partial charge in [-0.05, 0) is 53.7 Å². The Morgan fingerprint density at radius 2 is 1.11 bits per heavy atom. The van der Waals surface area contributed by atoms with Gasteiger partial charge in [-0.1, -0.05) is 0 Å². The third kappa shape index (κ3) is 3.12. The Morgan fingerprint density at radius 1 is 0.778 bits per heavy atom. The lowest BCUT2D eigenvalue weighted by Crippen LogP contribution is -2.55. The maximum atomic E-state index is 5.85. The molecule has 0 radical (unpaired) electrons. The first kappa shape index (κ1) is 13.6. The lowest BCUT2D eigenvalue weighted by molar-refractivity contribution is 0.0709. The van der Waals surface area contributed by atoms with Gasteiger partial charge in [0.05, 0.1) is 22.7 Å². The van der Waals surface area contributed by atoms with Gasteiger partial charge in [-0.25, -0.2) is 0 Å². The molecule has 0 atom stereocenters. The molecule has 0 fully saturated rings. The molecule has 0 saturated heterocycles. The molecule has 6 heteroatoms. The van der Waals surface area contributed by atoms with Crippen molar-refractivity contribution in [2.75, 3.05) is 0 Å². The van der Waals surface area contributed by atoms with E-state index in [2.05, 4.69) is 0 Å². The molecule has 0 aromatic rings. The zero-order valence-electron chi connectivity index (χ0n) is 11.9. The molecule has 0 aliphatic carbocycles. The SMILES string of the molecule is CC1=CC(C)(C)OB(B2OC(C)=CC(C)(C)O2)O1. The maximum absolute atomic E-state index is 5.85. The molecule has 0 bridgehead atoms. The summed E-state index contributed by atoms with van der Waals surface area (Å²) in [6.07, 6.45) is 3.89. The fourth-order valence-electron chi connectivity index (χ4n) is 2.35.